The first-order chi connectivity index (χ1) is 17.5. The molecule has 8 nitrogen and oxygen atoms in total. The van der Waals surface area contributed by atoms with Crippen LogP contribution in [0.1, 0.15) is 18.4 Å². The fourth-order valence-corrected chi connectivity index (χ4v) is 4.76. The number of piperazine rings is 1. The van der Waals surface area contributed by atoms with E-state index in [1.54, 1.807) is 24.3 Å². The molecule has 4 aromatic rings. The Morgan fingerprint density at radius 1 is 1.08 bits per heavy atom. The van der Waals surface area contributed by atoms with E-state index in [9.17, 15) is 14.0 Å². The fourth-order valence-electron chi connectivity index (χ4n) is 4.76. The number of fused-ring (bicyclic) bond motifs is 2. The normalized spacial score (nSPS) is 14.4. The number of halogens is 1. The number of nitrogens with zero attached hydrogens (tertiary/aromatic N) is 2. The van der Waals surface area contributed by atoms with Crippen molar-refractivity contribution in [3.8, 4) is 5.75 Å². The van der Waals surface area contributed by atoms with Crippen LogP contribution in [0.4, 0.5) is 14.9 Å². The number of methoxy groups -OCH3 is 1. The Labute approximate surface area is 207 Å². The lowest BCUT2D eigenvalue weighted by atomic mass is 10.1. The number of anilines is 1. The van der Waals surface area contributed by atoms with Crippen molar-refractivity contribution < 1.29 is 23.1 Å². The molecule has 0 aliphatic carbocycles. The second-order valence-corrected chi connectivity index (χ2v) is 8.96. The van der Waals surface area contributed by atoms with Crippen molar-refractivity contribution in [3.05, 3.63) is 70.5 Å². The van der Waals surface area contributed by atoms with Gasteiger partial charge < -0.3 is 23.8 Å². The molecular weight excluding hydrogens is 465 g/mol. The van der Waals surface area contributed by atoms with E-state index in [0.29, 0.717) is 11.4 Å². The van der Waals surface area contributed by atoms with Crippen LogP contribution >= 0.6 is 0 Å². The number of ether oxygens (including phenoxy) is 2. The van der Waals surface area contributed by atoms with Gasteiger partial charge in [0.2, 0.25) is 0 Å². The van der Waals surface area contributed by atoms with Gasteiger partial charge in [-0.15, -0.1) is 0 Å². The minimum Gasteiger partial charge on any atom is -0.437 e. The molecule has 0 saturated carbocycles. The highest BCUT2D eigenvalue weighted by Crippen LogP contribution is 2.27. The molecule has 1 saturated heterocycles. The van der Waals surface area contributed by atoms with Gasteiger partial charge in [0, 0.05) is 66.9 Å². The fraction of sp³-hybridized carbons (Fsp3) is 0.333. The number of aromatic nitrogens is 1. The Kier molecular flexibility index (Phi) is 6.90. The molecule has 1 aliphatic rings. The van der Waals surface area contributed by atoms with Crippen LogP contribution in [-0.2, 0) is 11.2 Å². The number of nitrogens with one attached hydrogen (secondary N) is 1. The SMILES string of the molecule is COC(=O)Oc1ccc2c(CCCCN3CCN(c4cc5ccc(=O)oc5cc4F)CC3)c[nH]c2c1. The summed E-state index contributed by atoms with van der Waals surface area (Å²) in [6, 6.07) is 11.6. The summed E-state index contributed by atoms with van der Waals surface area (Å²) in [5.74, 6) is 0.0741. The van der Waals surface area contributed by atoms with Crippen LogP contribution < -0.4 is 15.3 Å². The van der Waals surface area contributed by atoms with Crippen LogP contribution in [0.25, 0.3) is 21.9 Å². The predicted molar refractivity (Wildman–Crippen MR) is 135 cm³/mol. The van der Waals surface area contributed by atoms with Crippen LogP contribution in [0, 0.1) is 5.82 Å². The molecule has 5 rings (SSSR count). The molecule has 0 spiro atoms. The van der Waals surface area contributed by atoms with Crippen molar-refractivity contribution in [2.24, 2.45) is 0 Å². The lowest BCUT2D eigenvalue weighted by molar-refractivity contribution is 0.121. The van der Waals surface area contributed by atoms with Crippen LogP contribution in [0.3, 0.4) is 0 Å². The highest BCUT2D eigenvalue weighted by Gasteiger charge is 2.20. The third-order valence-corrected chi connectivity index (χ3v) is 6.68. The number of carbonyl (C=O) groups is 1. The number of aromatic amines is 1. The molecule has 2 aromatic heterocycles. The molecule has 0 atom stereocenters. The van der Waals surface area contributed by atoms with Crippen LogP contribution in [-0.4, -0.2) is 55.9 Å². The standard InChI is InChI=1S/C27H28FN3O5/c1-34-27(33)35-20-6-7-21-19(17-29-23(21)15-20)4-2-3-9-30-10-12-31(13-11-30)24-14-18-5-8-26(32)36-25(18)16-22(24)28/h5-8,14-17,29H,2-4,9-13H2,1H3. The third kappa shape index (κ3) is 5.21. The van der Waals surface area contributed by atoms with Gasteiger partial charge in [-0.3, -0.25) is 4.90 Å². The van der Waals surface area contributed by atoms with E-state index >= 15 is 0 Å². The topological polar surface area (TPSA) is 88.0 Å². The molecule has 9 heteroatoms. The summed E-state index contributed by atoms with van der Waals surface area (Å²) in [6.45, 7) is 4.24. The molecule has 3 heterocycles. The first-order valence-electron chi connectivity index (χ1n) is 12.1. The maximum absolute atomic E-state index is 14.7. The lowest BCUT2D eigenvalue weighted by Gasteiger charge is -2.36. The Bertz CT molecular complexity index is 1440. The quantitative estimate of drug-likeness (QED) is 0.173. The summed E-state index contributed by atoms with van der Waals surface area (Å²) >= 11 is 0. The number of hydrogen-bond donors (Lipinski definition) is 1. The molecule has 1 aliphatic heterocycles. The molecule has 1 fully saturated rings. The number of hydrogen-bond acceptors (Lipinski definition) is 7. The van der Waals surface area contributed by atoms with E-state index in [1.165, 1.54) is 24.8 Å². The van der Waals surface area contributed by atoms with Gasteiger partial charge in [0.25, 0.3) is 0 Å². The van der Waals surface area contributed by atoms with Crippen molar-refractivity contribution in [1.82, 2.24) is 9.88 Å². The van der Waals surface area contributed by atoms with Gasteiger partial charge in [-0.25, -0.2) is 14.0 Å². The predicted octanol–water partition coefficient (Wildman–Crippen LogP) is 4.70. The van der Waals surface area contributed by atoms with Gasteiger partial charge in [-0.2, -0.15) is 0 Å². The highest BCUT2D eigenvalue weighted by atomic mass is 19.1. The summed E-state index contributed by atoms with van der Waals surface area (Å²) in [5, 5.41) is 1.84. The minimum atomic E-state index is -0.737. The summed E-state index contributed by atoms with van der Waals surface area (Å²) < 4.78 is 29.4. The van der Waals surface area contributed by atoms with Gasteiger partial charge in [-0.1, -0.05) is 0 Å². The number of unbranched alkanes of at least 4 members (excludes halogenated alkanes) is 1. The largest absolute Gasteiger partial charge is 0.513 e. The van der Waals surface area contributed by atoms with Crippen LogP contribution in [0.15, 0.2) is 57.9 Å². The Balaban J connectivity index is 1.10. The van der Waals surface area contributed by atoms with Gasteiger partial charge in [0.15, 0.2) is 0 Å². The van der Waals surface area contributed by atoms with E-state index < -0.39 is 11.8 Å². The van der Waals surface area contributed by atoms with Gasteiger partial charge in [0.05, 0.1) is 12.8 Å². The van der Waals surface area contributed by atoms with Crippen LogP contribution in [0.2, 0.25) is 0 Å². The Morgan fingerprint density at radius 3 is 2.72 bits per heavy atom. The Hall–Kier alpha value is -3.85. The van der Waals surface area contributed by atoms with Crippen molar-refractivity contribution in [1.29, 1.82) is 0 Å². The van der Waals surface area contributed by atoms with E-state index in [2.05, 4.69) is 19.5 Å². The van der Waals surface area contributed by atoms with Gasteiger partial charge in [0.1, 0.15) is 17.1 Å². The summed E-state index contributed by atoms with van der Waals surface area (Å²) in [4.78, 5) is 30.4. The van der Waals surface area contributed by atoms with E-state index in [4.69, 9.17) is 9.15 Å². The van der Waals surface area contributed by atoms with Crippen molar-refractivity contribution in [2.75, 3.05) is 44.7 Å². The number of benzene rings is 2. The van der Waals surface area contributed by atoms with Crippen molar-refractivity contribution >= 4 is 33.7 Å². The molecule has 0 bridgehead atoms. The maximum Gasteiger partial charge on any atom is 0.513 e. The minimum absolute atomic E-state index is 0.271. The molecular formula is C27H28FN3O5. The summed E-state index contributed by atoms with van der Waals surface area (Å²) in [5.41, 5.74) is 2.50. The second kappa shape index (κ2) is 10.4. The molecule has 0 unspecified atom stereocenters. The molecule has 188 valence electrons. The first-order valence-corrected chi connectivity index (χ1v) is 12.1. The lowest BCUT2D eigenvalue weighted by Crippen LogP contribution is -2.46. The molecule has 36 heavy (non-hydrogen) atoms. The third-order valence-electron chi connectivity index (χ3n) is 6.68. The summed E-state index contributed by atoms with van der Waals surface area (Å²) in [6.07, 6.45) is 4.35. The van der Waals surface area contributed by atoms with Crippen molar-refractivity contribution in [3.63, 3.8) is 0 Å². The zero-order valence-electron chi connectivity index (χ0n) is 20.1. The monoisotopic (exact) mass is 493 g/mol. The van der Waals surface area contributed by atoms with E-state index in [-0.39, 0.29) is 11.4 Å². The smallest absolute Gasteiger partial charge is 0.437 e. The molecule has 0 amide bonds. The zero-order chi connectivity index (χ0) is 25.1. The Morgan fingerprint density at radius 2 is 1.92 bits per heavy atom. The first kappa shape index (κ1) is 23.9. The number of carbonyl (C=O) groups excluding carboxylic acids is 1. The van der Waals surface area contributed by atoms with Crippen LogP contribution in [0.5, 0.6) is 5.75 Å². The number of H-pyrrole nitrogens is 1. The van der Waals surface area contributed by atoms with E-state index in [1.807, 2.05) is 12.3 Å². The van der Waals surface area contributed by atoms with Gasteiger partial charge in [-0.05, 0) is 55.6 Å². The molecule has 2 aromatic carbocycles. The molecule has 1 N–H and O–H groups in total. The number of aryl methyl sites for hydroxylation is 1. The highest BCUT2D eigenvalue weighted by molar-refractivity contribution is 5.85. The second-order valence-electron chi connectivity index (χ2n) is 8.96. The summed E-state index contributed by atoms with van der Waals surface area (Å²) in [7, 11) is 1.28. The average Bonchev–Trinajstić information content (AvgIpc) is 3.28. The van der Waals surface area contributed by atoms with Crippen molar-refractivity contribution in [2.45, 2.75) is 19.3 Å². The average molecular weight is 494 g/mol. The zero-order valence-corrected chi connectivity index (χ0v) is 20.1. The molecule has 0 radical (unpaired) electrons. The number of rotatable bonds is 7. The van der Waals surface area contributed by atoms with E-state index in [0.717, 1.165) is 68.3 Å². The maximum atomic E-state index is 14.7. The van der Waals surface area contributed by atoms with Gasteiger partial charge >= 0.3 is 11.8 Å².